The lowest BCUT2D eigenvalue weighted by molar-refractivity contribution is 0.0835. The molecular weight excluding hydrogens is 424 g/mol. The van der Waals surface area contributed by atoms with Crippen LogP contribution in [0.4, 0.5) is 0 Å². The number of imidazole rings is 1. The molecule has 6 nitrogen and oxygen atoms in total. The minimum absolute atomic E-state index is 0.338. The highest BCUT2D eigenvalue weighted by Gasteiger charge is 2.24. The molecule has 2 aliphatic rings. The van der Waals surface area contributed by atoms with E-state index in [1.807, 2.05) is 6.20 Å². The quantitative estimate of drug-likeness (QED) is 0.444. The number of rotatable bonds is 7. The normalized spacial score (nSPS) is 19.6. The topological polar surface area (TPSA) is 51.9 Å². The van der Waals surface area contributed by atoms with Crippen molar-refractivity contribution in [1.29, 1.82) is 0 Å². The number of fused-ring (bicyclic) bond motifs is 3. The molecule has 0 amide bonds. The van der Waals surface area contributed by atoms with E-state index in [1.54, 1.807) is 0 Å². The smallest absolute Gasteiger partial charge is 0.117 e. The van der Waals surface area contributed by atoms with Crippen molar-refractivity contribution < 1.29 is 9.47 Å². The zero-order valence-corrected chi connectivity index (χ0v) is 20.9. The third-order valence-corrected chi connectivity index (χ3v) is 7.11. The van der Waals surface area contributed by atoms with Crippen LogP contribution in [0.3, 0.4) is 0 Å². The summed E-state index contributed by atoms with van der Waals surface area (Å²) >= 11 is 0. The Morgan fingerprint density at radius 3 is 2.74 bits per heavy atom. The molecule has 0 radical (unpaired) electrons. The maximum atomic E-state index is 6.08. The summed E-state index contributed by atoms with van der Waals surface area (Å²) in [5, 5.41) is 0. The molecule has 0 saturated carbocycles. The molecular formula is C28H36N4O2. The standard InChI is InChI=1S/C28H36N4O2/c1-19-16-22(7-9-27(19)34-13-5-12-31(3)4)23-6-8-24-25(17-23)32-26(18-29-24)20(2)30-28(32)21-10-14-33-15-11-21/h6,8-9,16-18,21-22H,5,7,10-15H2,1-4H3. The summed E-state index contributed by atoms with van der Waals surface area (Å²) in [5.74, 6) is 2.96. The second-order valence-corrected chi connectivity index (χ2v) is 9.93. The molecule has 6 heteroatoms. The van der Waals surface area contributed by atoms with Crippen LogP contribution in [0, 0.1) is 6.92 Å². The molecule has 1 aromatic carbocycles. The molecule has 3 heterocycles. The van der Waals surface area contributed by atoms with E-state index in [0.717, 1.165) is 85.9 Å². The van der Waals surface area contributed by atoms with Crippen LogP contribution in [0.15, 0.2) is 47.9 Å². The van der Waals surface area contributed by atoms with E-state index in [0.29, 0.717) is 11.8 Å². The van der Waals surface area contributed by atoms with Crippen molar-refractivity contribution >= 4 is 16.6 Å². The largest absolute Gasteiger partial charge is 0.494 e. The molecule has 2 aromatic heterocycles. The Hall–Kier alpha value is -2.70. The SMILES string of the molecule is CC1=CC(c2ccc3ncc4c(C)nc(C5CCOCC5)n4c3c2)CC=C1OCCCN(C)C. The zero-order chi connectivity index (χ0) is 23.7. The molecule has 1 atom stereocenters. The van der Waals surface area contributed by atoms with Gasteiger partial charge in [0.25, 0.3) is 0 Å². The van der Waals surface area contributed by atoms with Gasteiger partial charge in [0.05, 0.1) is 35.0 Å². The number of aromatic nitrogens is 3. The van der Waals surface area contributed by atoms with Gasteiger partial charge in [-0.2, -0.15) is 0 Å². The van der Waals surface area contributed by atoms with Crippen LogP contribution in [-0.4, -0.2) is 59.7 Å². The molecule has 1 fully saturated rings. The lowest BCUT2D eigenvalue weighted by Crippen LogP contribution is -2.16. The van der Waals surface area contributed by atoms with Crippen molar-refractivity contribution in [3.05, 3.63) is 65.0 Å². The van der Waals surface area contributed by atoms with E-state index in [2.05, 4.69) is 67.6 Å². The Balaban J connectivity index is 1.43. The Morgan fingerprint density at radius 1 is 1.15 bits per heavy atom. The van der Waals surface area contributed by atoms with Crippen molar-refractivity contribution in [2.75, 3.05) is 40.5 Å². The maximum Gasteiger partial charge on any atom is 0.117 e. The van der Waals surface area contributed by atoms with Gasteiger partial charge in [-0.3, -0.25) is 9.38 Å². The molecule has 1 aliphatic carbocycles. The molecule has 3 aromatic rings. The summed E-state index contributed by atoms with van der Waals surface area (Å²) < 4.78 is 14.0. The fraction of sp³-hybridized carbons (Fsp3) is 0.500. The molecule has 0 bridgehead atoms. The summed E-state index contributed by atoms with van der Waals surface area (Å²) in [7, 11) is 4.19. The highest BCUT2D eigenvalue weighted by atomic mass is 16.5. The summed E-state index contributed by atoms with van der Waals surface area (Å²) in [6.07, 6.45) is 10.6. The fourth-order valence-electron chi connectivity index (χ4n) is 5.20. The van der Waals surface area contributed by atoms with Crippen LogP contribution < -0.4 is 0 Å². The summed E-state index contributed by atoms with van der Waals surface area (Å²) in [6, 6.07) is 6.71. The Kier molecular flexibility index (Phi) is 6.70. The van der Waals surface area contributed by atoms with Gasteiger partial charge in [0.1, 0.15) is 11.6 Å². The van der Waals surface area contributed by atoms with Crippen LogP contribution in [-0.2, 0) is 9.47 Å². The van der Waals surface area contributed by atoms with Crippen LogP contribution in [0.1, 0.15) is 61.5 Å². The van der Waals surface area contributed by atoms with Crippen molar-refractivity contribution in [2.24, 2.45) is 0 Å². The van der Waals surface area contributed by atoms with E-state index in [1.165, 1.54) is 11.1 Å². The predicted octanol–water partition coefficient (Wildman–Crippen LogP) is 5.37. The van der Waals surface area contributed by atoms with Gasteiger partial charge in [0.2, 0.25) is 0 Å². The zero-order valence-electron chi connectivity index (χ0n) is 20.9. The van der Waals surface area contributed by atoms with Crippen LogP contribution >= 0.6 is 0 Å². The lowest BCUT2D eigenvalue weighted by atomic mass is 9.89. The first-order valence-electron chi connectivity index (χ1n) is 12.5. The molecule has 0 spiro atoms. The molecule has 34 heavy (non-hydrogen) atoms. The number of benzene rings is 1. The minimum atomic E-state index is 0.338. The Morgan fingerprint density at radius 2 is 1.97 bits per heavy atom. The van der Waals surface area contributed by atoms with Crippen molar-refractivity contribution in [1.82, 2.24) is 19.3 Å². The van der Waals surface area contributed by atoms with Gasteiger partial charge in [-0.1, -0.05) is 12.1 Å². The van der Waals surface area contributed by atoms with Crippen LogP contribution in [0.5, 0.6) is 0 Å². The first-order valence-corrected chi connectivity index (χ1v) is 12.5. The second kappa shape index (κ2) is 9.88. The fourth-order valence-corrected chi connectivity index (χ4v) is 5.20. The number of aryl methyl sites for hydroxylation is 1. The third kappa shape index (κ3) is 4.62. The van der Waals surface area contributed by atoms with Crippen molar-refractivity contribution in [3.8, 4) is 0 Å². The van der Waals surface area contributed by atoms with Crippen LogP contribution in [0.25, 0.3) is 16.6 Å². The van der Waals surface area contributed by atoms with Gasteiger partial charge < -0.3 is 14.4 Å². The van der Waals surface area contributed by atoms with Crippen molar-refractivity contribution in [2.45, 2.75) is 51.4 Å². The second-order valence-electron chi connectivity index (χ2n) is 9.93. The molecule has 5 rings (SSSR count). The predicted molar refractivity (Wildman–Crippen MR) is 136 cm³/mol. The Bertz CT molecular complexity index is 1230. The van der Waals surface area contributed by atoms with Gasteiger partial charge in [-0.25, -0.2) is 4.98 Å². The average molecular weight is 461 g/mol. The summed E-state index contributed by atoms with van der Waals surface area (Å²) in [4.78, 5) is 12.0. The molecule has 0 N–H and O–H groups in total. The number of hydrogen-bond acceptors (Lipinski definition) is 5. The summed E-state index contributed by atoms with van der Waals surface area (Å²) in [5.41, 5.74) is 6.85. The van der Waals surface area contributed by atoms with Crippen molar-refractivity contribution in [3.63, 3.8) is 0 Å². The molecule has 1 saturated heterocycles. The number of nitrogens with zero attached hydrogens (tertiary/aromatic N) is 4. The van der Waals surface area contributed by atoms with Crippen LogP contribution in [0.2, 0.25) is 0 Å². The van der Waals surface area contributed by atoms with Gasteiger partial charge in [-0.15, -0.1) is 0 Å². The van der Waals surface area contributed by atoms with E-state index in [4.69, 9.17) is 19.4 Å². The highest BCUT2D eigenvalue weighted by molar-refractivity contribution is 5.80. The number of hydrogen-bond donors (Lipinski definition) is 0. The number of ether oxygens (including phenoxy) is 2. The third-order valence-electron chi connectivity index (χ3n) is 7.11. The first-order chi connectivity index (χ1) is 16.5. The highest BCUT2D eigenvalue weighted by Crippen LogP contribution is 2.34. The van der Waals surface area contributed by atoms with E-state index < -0.39 is 0 Å². The van der Waals surface area contributed by atoms with Gasteiger partial charge in [0.15, 0.2) is 0 Å². The van der Waals surface area contributed by atoms with Gasteiger partial charge >= 0.3 is 0 Å². The van der Waals surface area contributed by atoms with Gasteiger partial charge in [-0.05, 0) is 83.0 Å². The summed E-state index contributed by atoms with van der Waals surface area (Å²) in [6.45, 7) is 7.67. The lowest BCUT2D eigenvalue weighted by Gasteiger charge is -2.23. The maximum absolute atomic E-state index is 6.08. The Labute approximate surface area is 202 Å². The monoisotopic (exact) mass is 460 g/mol. The number of allylic oxidation sites excluding steroid dienone is 3. The molecule has 180 valence electrons. The molecule has 1 aliphatic heterocycles. The molecule has 1 unspecified atom stereocenters. The van der Waals surface area contributed by atoms with E-state index >= 15 is 0 Å². The first kappa shape index (κ1) is 23.1. The van der Waals surface area contributed by atoms with E-state index in [-0.39, 0.29) is 0 Å². The minimum Gasteiger partial charge on any atom is -0.494 e. The average Bonchev–Trinajstić information content (AvgIpc) is 3.19. The van der Waals surface area contributed by atoms with Gasteiger partial charge in [0, 0.05) is 31.6 Å². The van der Waals surface area contributed by atoms with E-state index in [9.17, 15) is 0 Å².